The second-order valence-corrected chi connectivity index (χ2v) is 5.37. The Kier molecular flexibility index (Phi) is 2.69. The van der Waals surface area contributed by atoms with Gasteiger partial charge in [-0.3, -0.25) is 4.79 Å². The summed E-state index contributed by atoms with van der Waals surface area (Å²) in [4.78, 5) is 20.5. The molecule has 2 aliphatic carbocycles. The number of rotatable bonds is 3. The average molecular weight is 246 g/mol. The normalized spacial score (nSPS) is 28.7. The van der Waals surface area contributed by atoms with Gasteiger partial charge in [-0.25, -0.2) is 9.97 Å². The molecule has 0 bridgehead atoms. The Morgan fingerprint density at radius 3 is 2.67 bits per heavy atom. The van der Waals surface area contributed by atoms with Crippen LogP contribution in [0.4, 0.5) is 5.95 Å². The number of carbonyl (C=O) groups is 1. The second-order valence-electron chi connectivity index (χ2n) is 5.37. The summed E-state index contributed by atoms with van der Waals surface area (Å²) in [6.45, 7) is 1.87. The van der Waals surface area contributed by atoms with Crippen LogP contribution < -0.4 is 10.6 Å². The third kappa shape index (κ3) is 2.17. The van der Waals surface area contributed by atoms with Crippen molar-refractivity contribution in [1.82, 2.24) is 15.3 Å². The number of carbonyl (C=O) groups excluding carboxylic acids is 1. The molecule has 1 amide bonds. The second kappa shape index (κ2) is 4.23. The first-order chi connectivity index (χ1) is 8.65. The van der Waals surface area contributed by atoms with Gasteiger partial charge < -0.3 is 10.6 Å². The van der Waals surface area contributed by atoms with E-state index in [-0.39, 0.29) is 5.91 Å². The maximum absolute atomic E-state index is 12.1. The van der Waals surface area contributed by atoms with Gasteiger partial charge in [-0.15, -0.1) is 0 Å². The van der Waals surface area contributed by atoms with Crippen molar-refractivity contribution in [3.63, 3.8) is 0 Å². The zero-order chi connectivity index (χ0) is 12.7. The van der Waals surface area contributed by atoms with Crippen LogP contribution in [0.1, 0.15) is 35.4 Å². The number of hydrogen-bond donors (Lipinski definition) is 2. The standard InChI is InChI=1S/C13H18N4O/c1-7-3-11(17-13(14-2)15-7)12(18)16-10-5-8-4-9(8)6-10/h3,8-10H,4-6H2,1-2H3,(H,16,18)(H,14,15,17). The quantitative estimate of drug-likeness (QED) is 0.845. The van der Waals surface area contributed by atoms with Crippen molar-refractivity contribution in [3.8, 4) is 0 Å². The fourth-order valence-corrected chi connectivity index (χ4v) is 2.89. The number of aromatic nitrogens is 2. The predicted octanol–water partition coefficient (Wildman–Crippen LogP) is 1.36. The number of nitrogens with one attached hydrogen (secondary N) is 2. The summed E-state index contributed by atoms with van der Waals surface area (Å²) in [6.07, 6.45) is 3.64. The third-order valence-corrected chi connectivity index (χ3v) is 3.89. The number of nitrogens with zero attached hydrogens (tertiary/aromatic N) is 2. The van der Waals surface area contributed by atoms with Crippen molar-refractivity contribution in [2.75, 3.05) is 12.4 Å². The van der Waals surface area contributed by atoms with Gasteiger partial charge in [0, 0.05) is 18.8 Å². The van der Waals surface area contributed by atoms with Crippen molar-refractivity contribution in [1.29, 1.82) is 0 Å². The molecular formula is C13H18N4O. The van der Waals surface area contributed by atoms with Crippen molar-refractivity contribution in [2.24, 2.45) is 11.8 Å². The van der Waals surface area contributed by atoms with Gasteiger partial charge in [0.25, 0.3) is 5.91 Å². The molecule has 2 saturated carbocycles. The van der Waals surface area contributed by atoms with E-state index in [2.05, 4.69) is 20.6 Å². The lowest BCUT2D eigenvalue weighted by molar-refractivity contribution is 0.0930. The van der Waals surface area contributed by atoms with Gasteiger partial charge in [-0.2, -0.15) is 0 Å². The average Bonchev–Trinajstić information content (AvgIpc) is 2.96. The van der Waals surface area contributed by atoms with Crippen molar-refractivity contribution in [3.05, 3.63) is 17.5 Å². The highest BCUT2D eigenvalue weighted by molar-refractivity contribution is 5.92. The lowest BCUT2D eigenvalue weighted by atomic mass is 10.1. The summed E-state index contributed by atoms with van der Waals surface area (Å²) in [5, 5.41) is 5.95. The first kappa shape index (κ1) is 11.4. The summed E-state index contributed by atoms with van der Waals surface area (Å²) in [6, 6.07) is 2.07. The molecule has 96 valence electrons. The van der Waals surface area contributed by atoms with Crippen molar-refractivity contribution >= 4 is 11.9 Å². The monoisotopic (exact) mass is 246 g/mol. The van der Waals surface area contributed by atoms with Gasteiger partial charge in [0.2, 0.25) is 5.95 Å². The zero-order valence-electron chi connectivity index (χ0n) is 10.7. The van der Waals surface area contributed by atoms with Gasteiger partial charge in [0.05, 0.1) is 0 Å². The molecule has 0 saturated heterocycles. The highest BCUT2D eigenvalue weighted by Crippen LogP contribution is 2.51. The van der Waals surface area contributed by atoms with Crippen LogP contribution in [0, 0.1) is 18.8 Å². The lowest BCUT2D eigenvalue weighted by Gasteiger charge is -2.14. The van der Waals surface area contributed by atoms with Crippen LogP contribution in [-0.4, -0.2) is 29.0 Å². The Morgan fingerprint density at radius 1 is 1.28 bits per heavy atom. The van der Waals surface area contributed by atoms with Crippen molar-refractivity contribution < 1.29 is 4.79 Å². The molecule has 0 radical (unpaired) electrons. The number of aryl methyl sites for hydroxylation is 1. The number of anilines is 1. The van der Waals surface area contributed by atoms with Crippen LogP contribution >= 0.6 is 0 Å². The van der Waals surface area contributed by atoms with E-state index in [0.29, 0.717) is 17.7 Å². The molecule has 5 heteroatoms. The first-order valence-corrected chi connectivity index (χ1v) is 6.50. The molecule has 1 aromatic rings. The fourth-order valence-electron chi connectivity index (χ4n) is 2.89. The summed E-state index contributed by atoms with van der Waals surface area (Å²) < 4.78 is 0. The zero-order valence-corrected chi connectivity index (χ0v) is 10.7. The van der Waals surface area contributed by atoms with Crippen LogP contribution in [0.5, 0.6) is 0 Å². The first-order valence-electron chi connectivity index (χ1n) is 6.50. The summed E-state index contributed by atoms with van der Waals surface area (Å²) in [7, 11) is 1.75. The van der Waals surface area contributed by atoms with E-state index in [1.54, 1.807) is 13.1 Å². The summed E-state index contributed by atoms with van der Waals surface area (Å²) in [5.41, 5.74) is 1.25. The largest absolute Gasteiger partial charge is 0.357 e. The van der Waals surface area contributed by atoms with Gasteiger partial charge >= 0.3 is 0 Å². The van der Waals surface area contributed by atoms with Gasteiger partial charge in [-0.1, -0.05) is 0 Å². The molecular weight excluding hydrogens is 228 g/mol. The molecule has 2 unspecified atom stereocenters. The molecule has 0 aromatic carbocycles. The topological polar surface area (TPSA) is 66.9 Å². The Labute approximate surface area is 106 Å². The van der Waals surface area contributed by atoms with Crippen molar-refractivity contribution in [2.45, 2.75) is 32.2 Å². The van der Waals surface area contributed by atoms with Gasteiger partial charge in [-0.05, 0) is 44.1 Å². The Balaban J connectivity index is 1.69. The van der Waals surface area contributed by atoms with E-state index < -0.39 is 0 Å². The van der Waals surface area contributed by atoms with Crippen LogP contribution in [0.15, 0.2) is 6.07 Å². The van der Waals surface area contributed by atoms with E-state index in [4.69, 9.17) is 0 Å². The molecule has 5 nitrogen and oxygen atoms in total. The molecule has 0 spiro atoms. The summed E-state index contributed by atoms with van der Waals surface area (Å²) in [5.74, 6) is 2.16. The van der Waals surface area contributed by atoms with Gasteiger partial charge in [0.1, 0.15) is 5.69 Å². The molecule has 1 heterocycles. The van der Waals surface area contributed by atoms with E-state index in [9.17, 15) is 4.79 Å². The van der Waals surface area contributed by atoms with Crippen LogP contribution in [0.3, 0.4) is 0 Å². The SMILES string of the molecule is CNc1nc(C)cc(C(=O)NC2CC3CC3C2)n1. The molecule has 3 rings (SSSR count). The number of amides is 1. The maximum atomic E-state index is 12.1. The molecule has 0 aliphatic heterocycles. The number of fused-ring (bicyclic) bond motifs is 1. The van der Waals surface area contributed by atoms with Crippen LogP contribution in [-0.2, 0) is 0 Å². The minimum atomic E-state index is -0.0803. The Bertz CT molecular complexity index is 478. The minimum Gasteiger partial charge on any atom is -0.357 e. The maximum Gasteiger partial charge on any atom is 0.270 e. The molecule has 2 atom stereocenters. The molecule has 2 aliphatic rings. The summed E-state index contributed by atoms with van der Waals surface area (Å²) >= 11 is 0. The van der Waals surface area contributed by atoms with Crippen LogP contribution in [0.2, 0.25) is 0 Å². The number of hydrogen-bond acceptors (Lipinski definition) is 4. The smallest absolute Gasteiger partial charge is 0.270 e. The van der Waals surface area contributed by atoms with Gasteiger partial charge in [0.15, 0.2) is 0 Å². The predicted molar refractivity (Wildman–Crippen MR) is 68.4 cm³/mol. The lowest BCUT2D eigenvalue weighted by Crippen LogP contribution is -2.34. The molecule has 2 fully saturated rings. The Hall–Kier alpha value is -1.65. The van der Waals surface area contributed by atoms with E-state index in [1.807, 2.05) is 6.92 Å². The van der Waals surface area contributed by atoms with E-state index >= 15 is 0 Å². The van der Waals surface area contributed by atoms with E-state index in [0.717, 1.165) is 30.4 Å². The highest BCUT2D eigenvalue weighted by atomic mass is 16.1. The Morgan fingerprint density at radius 2 is 2.00 bits per heavy atom. The minimum absolute atomic E-state index is 0.0803. The molecule has 2 N–H and O–H groups in total. The highest BCUT2D eigenvalue weighted by Gasteiger charge is 2.46. The molecule has 18 heavy (non-hydrogen) atoms. The van der Waals surface area contributed by atoms with Crippen LogP contribution in [0.25, 0.3) is 0 Å². The fraction of sp³-hybridized carbons (Fsp3) is 0.615. The molecule has 1 aromatic heterocycles. The van der Waals surface area contributed by atoms with E-state index in [1.165, 1.54) is 6.42 Å². The third-order valence-electron chi connectivity index (χ3n) is 3.89.